The minimum Gasteiger partial charge on any atom is -0.399 e. The fraction of sp³-hybridized carbons (Fsp3) is 0.333. The average Bonchev–Trinajstić information content (AvgIpc) is 2.44. The molecular formula is C12H15N2O. The first-order valence-electron chi connectivity index (χ1n) is 5.04. The molecule has 0 spiro atoms. The van der Waals surface area contributed by atoms with Crippen LogP contribution < -0.4 is 5.73 Å². The molecule has 1 amide bonds. The number of amides is 1. The van der Waals surface area contributed by atoms with Gasteiger partial charge in [-0.05, 0) is 23.6 Å². The second-order valence-corrected chi connectivity index (χ2v) is 4.28. The van der Waals surface area contributed by atoms with Gasteiger partial charge in [-0.15, -0.1) is 0 Å². The molecule has 1 aromatic carbocycles. The molecular weight excluding hydrogens is 188 g/mol. The lowest BCUT2D eigenvalue weighted by Gasteiger charge is -2.17. The minimum atomic E-state index is 0.0958. The van der Waals surface area contributed by atoms with E-state index in [1.807, 2.05) is 30.9 Å². The summed E-state index contributed by atoms with van der Waals surface area (Å²) in [6.45, 7) is 5.50. The molecule has 1 aliphatic rings. The Morgan fingerprint density at radius 1 is 1.47 bits per heavy atom. The number of nitrogen functional groups attached to an aromatic ring is 1. The molecule has 1 aliphatic heterocycles. The van der Waals surface area contributed by atoms with Gasteiger partial charge in [-0.3, -0.25) is 4.79 Å². The quantitative estimate of drug-likeness (QED) is 0.745. The van der Waals surface area contributed by atoms with Crippen LogP contribution in [0.3, 0.4) is 0 Å². The number of benzene rings is 1. The second kappa shape index (κ2) is 3.57. The topological polar surface area (TPSA) is 46.3 Å². The number of fused-ring (bicyclic) bond motifs is 1. The van der Waals surface area contributed by atoms with Crippen LogP contribution in [-0.2, 0) is 6.54 Å². The predicted molar refractivity (Wildman–Crippen MR) is 60.2 cm³/mol. The molecule has 79 valence electrons. The first-order valence-corrected chi connectivity index (χ1v) is 5.04. The Kier molecular flexibility index (Phi) is 2.39. The van der Waals surface area contributed by atoms with E-state index in [1.54, 1.807) is 6.07 Å². The van der Waals surface area contributed by atoms with Crippen molar-refractivity contribution in [3.63, 3.8) is 0 Å². The summed E-state index contributed by atoms with van der Waals surface area (Å²) in [6, 6.07) is 5.55. The number of nitrogens with two attached hydrogens (primary N) is 1. The van der Waals surface area contributed by atoms with Gasteiger partial charge in [0.2, 0.25) is 0 Å². The molecule has 1 aromatic rings. The summed E-state index contributed by atoms with van der Waals surface area (Å²) in [7, 11) is 0. The van der Waals surface area contributed by atoms with E-state index >= 15 is 0 Å². The number of hydrogen-bond acceptors (Lipinski definition) is 2. The van der Waals surface area contributed by atoms with Crippen LogP contribution in [0, 0.1) is 5.92 Å². The van der Waals surface area contributed by atoms with E-state index in [0.29, 0.717) is 12.2 Å². The molecule has 0 aromatic heterocycles. The minimum absolute atomic E-state index is 0.0958. The van der Waals surface area contributed by atoms with Gasteiger partial charge in [-0.2, -0.15) is 0 Å². The van der Waals surface area contributed by atoms with Gasteiger partial charge in [-0.1, -0.05) is 19.9 Å². The fourth-order valence-electron chi connectivity index (χ4n) is 1.89. The summed E-state index contributed by atoms with van der Waals surface area (Å²) in [6.07, 6.45) is 0. The summed E-state index contributed by atoms with van der Waals surface area (Å²) in [5.74, 6) is 1.34. The molecule has 0 aliphatic carbocycles. The van der Waals surface area contributed by atoms with Crippen molar-refractivity contribution in [2.45, 2.75) is 20.4 Å². The van der Waals surface area contributed by atoms with Crippen molar-refractivity contribution < 1.29 is 4.79 Å². The lowest BCUT2D eigenvalue weighted by molar-refractivity contribution is 0.0785. The van der Waals surface area contributed by atoms with Gasteiger partial charge in [0.1, 0.15) is 0 Å². The van der Waals surface area contributed by atoms with Gasteiger partial charge in [0.05, 0.1) is 0 Å². The number of anilines is 1. The van der Waals surface area contributed by atoms with E-state index in [0.717, 1.165) is 17.7 Å². The molecule has 0 fully saturated rings. The van der Waals surface area contributed by atoms with Crippen LogP contribution in [0.25, 0.3) is 0 Å². The van der Waals surface area contributed by atoms with E-state index in [2.05, 4.69) is 0 Å². The maximum Gasteiger partial charge on any atom is 0.254 e. The van der Waals surface area contributed by atoms with E-state index < -0.39 is 0 Å². The van der Waals surface area contributed by atoms with Crippen LogP contribution in [0.2, 0.25) is 0 Å². The first kappa shape index (κ1) is 10.0. The highest BCUT2D eigenvalue weighted by molar-refractivity contribution is 5.99. The van der Waals surface area contributed by atoms with E-state index in [4.69, 9.17) is 5.73 Å². The van der Waals surface area contributed by atoms with E-state index in [1.165, 1.54) is 5.92 Å². The lowest BCUT2D eigenvalue weighted by atomic mass is 10.1. The molecule has 2 N–H and O–H groups in total. The highest BCUT2D eigenvalue weighted by Gasteiger charge is 2.27. The Balaban J connectivity index is 2.26. The third-order valence-corrected chi connectivity index (χ3v) is 2.52. The van der Waals surface area contributed by atoms with Gasteiger partial charge in [0, 0.05) is 24.3 Å². The molecule has 1 radical (unpaired) electrons. The molecule has 0 bridgehead atoms. The monoisotopic (exact) mass is 203 g/mol. The zero-order valence-electron chi connectivity index (χ0n) is 9.08. The van der Waals surface area contributed by atoms with Crippen molar-refractivity contribution in [3.05, 3.63) is 35.2 Å². The van der Waals surface area contributed by atoms with Crippen LogP contribution in [-0.4, -0.2) is 17.4 Å². The van der Waals surface area contributed by atoms with Crippen molar-refractivity contribution in [2.75, 3.05) is 12.3 Å². The molecule has 1 heterocycles. The number of nitrogens with zero attached hydrogens (tertiary/aromatic N) is 1. The standard InChI is InChI=1S/C12H15N2O/c1-8(2)6-14-7-9-3-4-10(13)5-11(9)12(14)15/h3-5H,6-7,13H2,1-2H3. The summed E-state index contributed by atoms with van der Waals surface area (Å²) < 4.78 is 0. The lowest BCUT2D eigenvalue weighted by Crippen LogP contribution is -2.27. The molecule has 3 nitrogen and oxygen atoms in total. The SMILES string of the molecule is C[C](C)CN1Cc2ccc(N)cc2C1=O. The summed E-state index contributed by atoms with van der Waals surface area (Å²) >= 11 is 0. The molecule has 0 atom stereocenters. The predicted octanol–water partition coefficient (Wildman–Crippen LogP) is 1.84. The van der Waals surface area contributed by atoms with Crippen molar-refractivity contribution in [1.82, 2.24) is 4.90 Å². The smallest absolute Gasteiger partial charge is 0.254 e. The van der Waals surface area contributed by atoms with Crippen LogP contribution in [0.15, 0.2) is 18.2 Å². The molecule has 15 heavy (non-hydrogen) atoms. The van der Waals surface area contributed by atoms with Crippen molar-refractivity contribution in [3.8, 4) is 0 Å². The van der Waals surface area contributed by atoms with Crippen LogP contribution in [0.5, 0.6) is 0 Å². The Labute approximate surface area is 89.9 Å². The van der Waals surface area contributed by atoms with Crippen molar-refractivity contribution in [1.29, 1.82) is 0 Å². The third-order valence-electron chi connectivity index (χ3n) is 2.52. The van der Waals surface area contributed by atoms with Gasteiger partial charge < -0.3 is 10.6 Å². The Bertz CT molecular complexity index is 399. The third kappa shape index (κ3) is 1.82. The molecule has 0 saturated carbocycles. The van der Waals surface area contributed by atoms with Gasteiger partial charge >= 0.3 is 0 Å². The maximum atomic E-state index is 11.9. The van der Waals surface area contributed by atoms with Crippen LogP contribution >= 0.6 is 0 Å². The highest BCUT2D eigenvalue weighted by Crippen LogP contribution is 2.25. The zero-order chi connectivity index (χ0) is 11.0. The number of carbonyl (C=O) groups is 1. The zero-order valence-corrected chi connectivity index (χ0v) is 9.08. The first-order chi connectivity index (χ1) is 7.08. The van der Waals surface area contributed by atoms with Crippen molar-refractivity contribution in [2.24, 2.45) is 0 Å². The van der Waals surface area contributed by atoms with E-state index in [-0.39, 0.29) is 5.91 Å². The fourth-order valence-corrected chi connectivity index (χ4v) is 1.89. The Hall–Kier alpha value is -1.51. The van der Waals surface area contributed by atoms with Gasteiger partial charge in [-0.25, -0.2) is 0 Å². The van der Waals surface area contributed by atoms with Crippen molar-refractivity contribution >= 4 is 11.6 Å². The van der Waals surface area contributed by atoms with E-state index in [9.17, 15) is 4.79 Å². The highest BCUT2D eigenvalue weighted by atomic mass is 16.2. The number of carbonyl (C=O) groups excluding carboxylic acids is 1. The summed E-state index contributed by atoms with van der Waals surface area (Å²) in [5, 5.41) is 0. The largest absolute Gasteiger partial charge is 0.399 e. The maximum absolute atomic E-state index is 11.9. The number of rotatable bonds is 2. The summed E-state index contributed by atoms with van der Waals surface area (Å²) in [5.41, 5.74) is 8.16. The van der Waals surface area contributed by atoms with Gasteiger partial charge in [0.25, 0.3) is 5.91 Å². The molecule has 0 unspecified atom stereocenters. The Morgan fingerprint density at radius 2 is 2.20 bits per heavy atom. The summed E-state index contributed by atoms with van der Waals surface area (Å²) in [4.78, 5) is 13.8. The van der Waals surface area contributed by atoms with Gasteiger partial charge in [0.15, 0.2) is 0 Å². The number of hydrogen-bond donors (Lipinski definition) is 1. The Morgan fingerprint density at radius 3 is 2.87 bits per heavy atom. The molecule has 2 rings (SSSR count). The second-order valence-electron chi connectivity index (χ2n) is 4.28. The molecule has 3 heteroatoms. The molecule has 0 saturated heterocycles. The normalized spacial score (nSPS) is 14.9. The van der Waals surface area contributed by atoms with Crippen LogP contribution in [0.4, 0.5) is 5.69 Å². The average molecular weight is 203 g/mol. The van der Waals surface area contributed by atoms with Crippen LogP contribution in [0.1, 0.15) is 29.8 Å².